The van der Waals surface area contributed by atoms with E-state index in [-0.39, 0.29) is 5.56 Å². The molecule has 0 atom stereocenters. The molecule has 1 aromatic carbocycles. The van der Waals surface area contributed by atoms with E-state index in [2.05, 4.69) is 20.9 Å². The van der Waals surface area contributed by atoms with Crippen LogP contribution in [0.2, 0.25) is 0 Å². The minimum atomic E-state index is -0.916. The quantitative estimate of drug-likeness (QED) is 0.939. The summed E-state index contributed by atoms with van der Waals surface area (Å²) < 4.78 is 0.923. The third-order valence-electron chi connectivity index (χ3n) is 2.04. The number of halogens is 1. The Morgan fingerprint density at radius 1 is 1.24 bits per heavy atom. The van der Waals surface area contributed by atoms with Crippen LogP contribution in [0.3, 0.4) is 0 Å². The van der Waals surface area contributed by atoms with Gasteiger partial charge in [0.05, 0.1) is 10.0 Å². The summed E-state index contributed by atoms with van der Waals surface area (Å²) in [4.78, 5) is 15.9. The SMILES string of the molecule is O=C(O)c1ccc(Sc2ncccc2Br)cc1. The van der Waals surface area contributed by atoms with Crippen LogP contribution in [0, 0.1) is 0 Å². The van der Waals surface area contributed by atoms with Gasteiger partial charge in [0.15, 0.2) is 0 Å². The standard InChI is InChI=1S/C12H8BrNO2S/c13-10-2-1-7-14-11(10)17-9-5-3-8(4-6-9)12(15)16/h1-7H,(H,15,16). The number of aromatic carboxylic acids is 1. The number of rotatable bonds is 3. The molecule has 0 amide bonds. The van der Waals surface area contributed by atoms with E-state index in [1.54, 1.807) is 30.5 Å². The second-order valence-electron chi connectivity index (χ2n) is 3.22. The lowest BCUT2D eigenvalue weighted by atomic mass is 10.2. The van der Waals surface area contributed by atoms with Crippen LogP contribution in [0.15, 0.2) is 57.0 Å². The number of carboxylic acid groups (broad SMARTS) is 1. The zero-order chi connectivity index (χ0) is 12.3. The second kappa shape index (κ2) is 5.33. The number of pyridine rings is 1. The molecule has 0 saturated carbocycles. The maximum absolute atomic E-state index is 10.7. The van der Waals surface area contributed by atoms with E-state index >= 15 is 0 Å². The molecular formula is C12H8BrNO2S. The van der Waals surface area contributed by atoms with Crippen LogP contribution < -0.4 is 0 Å². The summed E-state index contributed by atoms with van der Waals surface area (Å²) in [5, 5.41) is 9.64. The molecule has 2 rings (SSSR count). The molecule has 3 nitrogen and oxygen atoms in total. The monoisotopic (exact) mass is 309 g/mol. The summed E-state index contributed by atoms with van der Waals surface area (Å²) in [6.45, 7) is 0. The lowest BCUT2D eigenvalue weighted by Crippen LogP contribution is -1.94. The van der Waals surface area contributed by atoms with Crippen LogP contribution in [0.5, 0.6) is 0 Å². The van der Waals surface area contributed by atoms with Crippen molar-refractivity contribution in [2.75, 3.05) is 0 Å². The fourth-order valence-electron chi connectivity index (χ4n) is 1.22. The van der Waals surface area contributed by atoms with Crippen LogP contribution in [0.1, 0.15) is 10.4 Å². The van der Waals surface area contributed by atoms with Crippen molar-refractivity contribution in [2.24, 2.45) is 0 Å². The molecular weight excluding hydrogens is 302 g/mol. The summed E-state index contributed by atoms with van der Waals surface area (Å²) in [5.74, 6) is -0.916. The van der Waals surface area contributed by atoms with Gasteiger partial charge in [-0.05, 0) is 52.3 Å². The molecule has 5 heteroatoms. The summed E-state index contributed by atoms with van der Waals surface area (Å²) in [5.41, 5.74) is 0.287. The molecule has 1 heterocycles. The van der Waals surface area contributed by atoms with Crippen LogP contribution in [0.25, 0.3) is 0 Å². The van der Waals surface area contributed by atoms with Gasteiger partial charge in [0.1, 0.15) is 5.03 Å². The summed E-state index contributed by atoms with van der Waals surface area (Å²) in [7, 11) is 0. The summed E-state index contributed by atoms with van der Waals surface area (Å²) in [6, 6.07) is 10.5. The molecule has 1 N–H and O–H groups in total. The van der Waals surface area contributed by atoms with E-state index in [0.717, 1.165) is 14.4 Å². The van der Waals surface area contributed by atoms with Gasteiger partial charge in [-0.2, -0.15) is 0 Å². The van der Waals surface area contributed by atoms with Crippen molar-refractivity contribution in [2.45, 2.75) is 9.92 Å². The average Bonchev–Trinajstić information content (AvgIpc) is 2.33. The van der Waals surface area contributed by atoms with Gasteiger partial charge in [0, 0.05) is 11.1 Å². The van der Waals surface area contributed by atoms with Gasteiger partial charge in [-0.1, -0.05) is 11.8 Å². The first-order valence-electron chi connectivity index (χ1n) is 4.78. The molecule has 0 bridgehead atoms. The number of nitrogens with zero attached hydrogens (tertiary/aromatic N) is 1. The molecule has 0 radical (unpaired) electrons. The molecule has 17 heavy (non-hydrogen) atoms. The van der Waals surface area contributed by atoms with Crippen LogP contribution in [-0.4, -0.2) is 16.1 Å². The van der Waals surface area contributed by atoms with Crippen LogP contribution in [0.4, 0.5) is 0 Å². The number of carboxylic acids is 1. The maximum atomic E-state index is 10.7. The highest BCUT2D eigenvalue weighted by molar-refractivity contribution is 9.10. The van der Waals surface area contributed by atoms with Gasteiger partial charge >= 0.3 is 5.97 Å². The predicted octanol–water partition coefficient (Wildman–Crippen LogP) is 3.69. The zero-order valence-corrected chi connectivity index (χ0v) is 11.0. The Balaban J connectivity index is 2.20. The van der Waals surface area contributed by atoms with Crippen molar-refractivity contribution >= 4 is 33.7 Å². The molecule has 0 saturated heterocycles. The van der Waals surface area contributed by atoms with E-state index in [9.17, 15) is 4.79 Å². The highest BCUT2D eigenvalue weighted by atomic mass is 79.9. The molecule has 1 aromatic heterocycles. The van der Waals surface area contributed by atoms with Crippen molar-refractivity contribution < 1.29 is 9.90 Å². The number of benzene rings is 1. The largest absolute Gasteiger partial charge is 0.478 e. The Hall–Kier alpha value is -1.33. The normalized spacial score (nSPS) is 10.2. The first-order valence-corrected chi connectivity index (χ1v) is 6.39. The highest BCUT2D eigenvalue weighted by Crippen LogP contribution is 2.31. The summed E-state index contributed by atoms with van der Waals surface area (Å²) in [6.07, 6.45) is 1.72. The van der Waals surface area contributed by atoms with E-state index in [0.29, 0.717) is 0 Å². The molecule has 0 aliphatic carbocycles. The van der Waals surface area contributed by atoms with E-state index < -0.39 is 5.97 Å². The van der Waals surface area contributed by atoms with Crippen LogP contribution in [-0.2, 0) is 0 Å². The number of hydrogen-bond acceptors (Lipinski definition) is 3. The van der Waals surface area contributed by atoms with Crippen molar-refractivity contribution in [1.29, 1.82) is 0 Å². The first kappa shape index (κ1) is 12.1. The molecule has 2 aromatic rings. The Morgan fingerprint density at radius 3 is 2.53 bits per heavy atom. The lowest BCUT2D eigenvalue weighted by Gasteiger charge is -2.03. The number of carbonyl (C=O) groups is 1. The topological polar surface area (TPSA) is 50.2 Å². The zero-order valence-electron chi connectivity index (χ0n) is 8.63. The molecule has 0 aliphatic rings. The van der Waals surface area contributed by atoms with Gasteiger partial charge in [-0.3, -0.25) is 0 Å². The number of hydrogen-bond donors (Lipinski definition) is 1. The van der Waals surface area contributed by atoms with Gasteiger partial charge in [-0.25, -0.2) is 9.78 Å². The van der Waals surface area contributed by atoms with E-state index in [4.69, 9.17) is 5.11 Å². The Bertz CT molecular complexity index is 542. The molecule has 0 spiro atoms. The smallest absolute Gasteiger partial charge is 0.335 e. The third kappa shape index (κ3) is 3.08. The van der Waals surface area contributed by atoms with Crippen molar-refractivity contribution in [3.8, 4) is 0 Å². The number of aromatic nitrogens is 1. The Labute approximate surface area is 111 Å². The summed E-state index contributed by atoms with van der Waals surface area (Å²) >= 11 is 4.90. The molecule has 86 valence electrons. The van der Waals surface area contributed by atoms with Gasteiger partial charge in [0.25, 0.3) is 0 Å². The lowest BCUT2D eigenvalue weighted by molar-refractivity contribution is 0.0697. The Kier molecular flexibility index (Phi) is 3.81. The van der Waals surface area contributed by atoms with E-state index in [1.165, 1.54) is 11.8 Å². The van der Waals surface area contributed by atoms with Crippen molar-refractivity contribution in [3.63, 3.8) is 0 Å². The second-order valence-corrected chi connectivity index (χ2v) is 5.14. The fraction of sp³-hybridized carbons (Fsp3) is 0. The predicted molar refractivity (Wildman–Crippen MR) is 69.5 cm³/mol. The van der Waals surface area contributed by atoms with Gasteiger partial charge in [0.2, 0.25) is 0 Å². The van der Waals surface area contributed by atoms with Crippen LogP contribution >= 0.6 is 27.7 Å². The third-order valence-corrected chi connectivity index (χ3v) is 3.97. The highest BCUT2D eigenvalue weighted by Gasteiger charge is 2.05. The Morgan fingerprint density at radius 2 is 1.94 bits per heavy atom. The first-order chi connectivity index (χ1) is 8.16. The van der Waals surface area contributed by atoms with Gasteiger partial charge < -0.3 is 5.11 Å². The molecule has 0 unspecified atom stereocenters. The maximum Gasteiger partial charge on any atom is 0.335 e. The minimum absolute atomic E-state index is 0.287. The van der Waals surface area contributed by atoms with E-state index in [1.807, 2.05) is 12.1 Å². The average molecular weight is 310 g/mol. The minimum Gasteiger partial charge on any atom is -0.478 e. The molecule has 0 fully saturated rings. The van der Waals surface area contributed by atoms with Crippen molar-refractivity contribution in [1.82, 2.24) is 4.98 Å². The molecule has 0 aliphatic heterocycles. The van der Waals surface area contributed by atoms with Crippen molar-refractivity contribution in [3.05, 3.63) is 52.6 Å². The van der Waals surface area contributed by atoms with Gasteiger partial charge in [-0.15, -0.1) is 0 Å². The fourth-order valence-corrected chi connectivity index (χ4v) is 2.50.